The largest absolute Gasteiger partial charge is 0.444 e. The van der Waals surface area contributed by atoms with Gasteiger partial charge in [0.05, 0.1) is 12.1 Å². The van der Waals surface area contributed by atoms with Gasteiger partial charge in [-0.2, -0.15) is 0 Å². The Morgan fingerprint density at radius 1 is 1.58 bits per heavy atom. The summed E-state index contributed by atoms with van der Waals surface area (Å²) >= 11 is 0. The summed E-state index contributed by atoms with van der Waals surface area (Å²) in [6.45, 7) is 7.61. The molecule has 1 rings (SSSR count). The smallest absolute Gasteiger partial charge is 0.410 e. The van der Waals surface area contributed by atoms with E-state index in [9.17, 15) is 9.90 Å². The van der Waals surface area contributed by atoms with Crippen LogP contribution in [0.2, 0.25) is 0 Å². The van der Waals surface area contributed by atoms with Gasteiger partial charge in [0.15, 0.2) is 0 Å². The van der Waals surface area contributed by atoms with Crippen molar-refractivity contribution < 1.29 is 14.6 Å². The van der Waals surface area contributed by atoms with Crippen LogP contribution in [0.25, 0.3) is 10.4 Å². The lowest BCUT2D eigenvalue weighted by molar-refractivity contribution is -0.00639. The van der Waals surface area contributed by atoms with Gasteiger partial charge < -0.3 is 14.7 Å². The van der Waals surface area contributed by atoms with Crippen LogP contribution in [0.3, 0.4) is 0 Å². The molecule has 1 aliphatic heterocycles. The number of carbonyl (C=O) groups is 1. The average Bonchev–Trinajstić information content (AvgIpc) is 2.34. The maximum absolute atomic E-state index is 12.0. The monoisotopic (exact) mass is 270 g/mol. The molecule has 1 heterocycles. The number of nitrogens with zero attached hydrogens (tertiary/aromatic N) is 4. The lowest BCUT2D eigenvalue weighted by Gasteiger charge is -2.30. The van der Waals surface area contributed by atoms with Gasteiger partial charge in [-0.05, 0) is 46.1 Å². The van der Waals surface area contributed by atoms with Crippen molar-refractivity contribution in [3.8, 4) is 0 Å². The molecule has 1 amide bonds. The molecule has 7 nitrogen and oxygen atoms in total. The average molecular weight is 270 g/mol. The zero-order valence-corrected chi connectivity index (χ0v) is 12.0. The maximum atomic E-state index is 12.0. The van der Waals surface area contributed by atoms with Crippen molar-refractivity contribution in [2.24, 2.45) is 5.11 Å². The molecule has 19 heavy (non-hydrogen) atoms. The topological polar surface area (TPSA) is 98.5 Å². The van der Waals surface area contributed by atoms with Gasteiger partial charge in [-0.15, -0.1) is 0 Å². The lowest BCUT2D eigenvalue weighted by Crippen LogP contribution is -2.44. The summed E-state index contributed by atoms with van der Waals surface area (Å²) in [7, 11) is 0. The molecular weight excluding hydrogens is 248 g/mol. The minimum Gasteiger partial charge on any atom is -0.444 e. The molecule has 1 N–H and O–H groups in total. The van der Waals surface area contributed by atoms with Crippen LogP contribution in [0.4, 0.5) is 4.79 Å². The number of carbonyl (C=O) groups excluding carboxylic acids is 1. The molecule has 0 unspecified atom stereocenters. The highest BCUT2D eigenvalue weighted by Gasteiger charge is 2.35. The Hall–Kier alpha value is -1.46. The molecule has 1 aliphatic rings. The molecule has 1 saturated heterocycles. The van der Waals surface area contributed by atoms with E-state index in [1.807, 2.05) is 0 Å². The highest BCUT2D eigenvalue weighted by Crippen LogP contribution is 2.24. The van der Waals surface area contributed by atoms with E-state index in [2.05, 4.69) is 10.0 Å². The lowest BCUT2D eigenvalue weighted by atomic mass is 9.97. The van der Waals surface area contributed by atoms with E-state index in [4.69, 9.17) is 10.3 Å². The van der Waals surface area contributed by atoms with Crippen LogP contribution in [-0.4, -0.2) is 46.4 Å². The van der Waals surface area contributed by atoms with E-state index in [1.165, 1.54) is 4.90 Å². The van der Waals surface area contributed by atoms with Crippen molar-refractivity contribution in [2.45, 2.75) is 57.8 Å². The van der Waals surface area contributed by atoms with Crippen LogP contribution in [0.5, 0.6) is 0 Å². The summed E-state index contributed by atoms with van der Waals surface area (Å²) < 4.78 is 5.29. The minimum absolute atomic E-state index is 0.180. The number of ether oxygens (including phenoxy) is 1. The third-order valence-electron chi connectivity index (χ3n) is 2.81. The van der Waals surface area contributed by atoms with Crippen molar-refractivity contribution in [1.82, 2.24) is 4.90 Å². The number of β-amino-alcohol motifs (C(OH)–C–C–N with tert-alkyl or cyclic N) is 1. The number of hydrogen-bond donors (Lipinski definition) is 1. The second kappa shape index (κ2) is 5.67. The van der Waals surface area contributed by atoms with Crippen LogP contribution in [0, 0.1) is 0 Å². The van der Waals surface area contributed by atoms with Crippen molar-refractivity contribution in [2.75, 3.05) is 13.1 Å². The Morgan fingerprint density at radius 2 is 2.21 bits per heavy atom. The number of aliphatic hydroxyl groups is 1. The number of azide groups is 1. The van der Waals surface area contributed by atoms with Crippen molar-refractivity contribution in [1.29, 1.82) is 0 Å². The van der Waals surface area contributed by atoms with Crippen molar-refractivity contribution in [3.05, 3.63) is 10.4 Å². The first kappa shape index (κ1) is 15.6. The van der Waals surface area contributed by atoms with Crippen molar-refractivity contribution >= 4 is 6.09 Å². The molecule has 0 aromatic heterocycles. The maximum Gasteiger partial charge on any atom is 0.410 e. The molecule has 7 heteroatoms. The molecule has 0 spiro atoms. The first-order chi connectivity index (χ1) is 8.63. The van der Waals surface area contributed by atoms with Gasteiger partial charge in [-0.25, -0.2) is 4.79 Å². The standard InChI is InChI=1S/C12H22N4O3/c1-11(2,3)19-10(17)16-6-5-9(14-15-13)7-12(4,18)8-16/h9,18H,5-8H2,1-4H3/t9-,12-/m1/s1. The molecule has 0 bridgehead atoms. The van der Waals surface area contributed by atoms with E-state index >= 15 is 0 Å². The third-order valence-corrected chi connectivity index (χ3v) is 2.81. The molecule has 0 aromatic rings. The molecule has 1 fully saturated rings. The van der Waals surface area contributed by atoms with E-state index < -0.39 is 17.3 Å². The summed E-state index contributed by atoms with van der Waals surface area (Å²) in [5.74, 6) is 0. The van der Waals surface area contributed by atoms with Crippen LogP contribution in [0.15, 0.2) is 5.11 Å². The second-order valence-electron chi connectivity index (χ2n) is 6.25. The molecule has 0 aliphatic carbocycles. The molecular formula is C12H22N4O3. The highest BCUT2D eigenvalue weighted by molar-refractivity contribution is 5.68. The summed E-state index contributed by atoms with van der Waals surface area (Å²) in [6.07, 6.45) is 0.421. The summed E-state index contributed by atoms with van der Waals surface area (Å²) in [5.41, 5.74) is 6.83. The van der Waals surface area contributed by atoms with Gasteiger partial charge in [-0.3, -0.25) is 0 Å². The highest BCUT2D eigenvalue weighted by atomic mass is 16.6. The van der Waals surface area contributed by atoms with Gasteiger partial charge in [0.2, 0.25) is 0 Å². The van der Waals surface area contributed by atoms with Gasteiger partial charge >= 0.3 is 6.09 Å². The predicted octanol–water partition coefficient (Wildman–Crippen LogP) is 2.45. The fourth-order valence-electron chi connectivity index (χ4n) is 2.12. The van der Waals surface area contributed by atoms with Gasteiger partial charge in [0.1, 0.15) is 5.60 Å². The van der Waals surface area contributed by atoms with Gasteiger partial charge in [0.25, 0.3) is 0 Å². The zero-order chi connectivity index (χ0) is 14.7. The number of hydrogen-bond acceptors (Lipinski definition) is 4. The van der Waals surface area contributed by atoms with E-state index in [1.54, 1.807) is 27.7 Å². The Morgan fingerprint density at radius 3 is 2.74 bits per heavy atom. The molecule has 2 atom stereocenters. The minimum atomic E-state index is -1.08. The van der Waals surface area contributed by atoms with Crippen LogP contribution in [0.1, 0.15) is 40.5 Å². The quantitative estimate of drug-likeness (QED) is 0.450. The summed E-state index contributed by atoms with van der Waals surface area (Å²) in [4.78, 5) is 16.3. The number of amides is 1. The van der Waals surface area contributed by atoms with E-state index in [0.717, 1.165) is 0 Å². The van der Waals surface area contributed by atoms with Crippen LogP contribution in [-0.2, 0) is 4.74 Å². The SMILES string of the molecule is CC(C)(C)OC(=O)N1CC[C@@H](N=[N+]=[N-])C[C@@](C)(O)C1. The van der Waals surface area contributed by atoms with Gasteiger partial charge in [-0.1, -0.05) is 5.11 Å². The summed E-state index contributed by atoms with van der Waals surface area (Å²) in [5, 5.41) is 13.9. The first-order valence-electron chi connectivity index (χ1n) is 6.37. The Labute approximate surface area is 113 Å². The van der Waals surface area contributed by atoms with E-state index in [-0.39, 0.29) is 12.6 Å². The predicted molar refractivity (Wildman–Crippen MR) is 70.6 cm³/mol. The van der Waals surface area contributed by atoms with E-state index in [0.29, 0.717) is 19.4 Å². The fraction of sp³-hybridized carbons (Fsp3) is 0.917. The zero-order valence-electron chi connectivity index (χ0n) is 12.0. The number of rotatable bonds is 1. The van der Waals surface area contributed by atoms with Gasteiger partial charge in [0, 0.05) is 17.5 Å². The Bertz CT molecular complexity index is 383. The third kappa shape index (κ3) is 5.36. The Kier molecular flexibility index (Phi) is 4.66. The normalized spacial score (nSPS) is 28.3. The van der Waals surface area contributed by atoms with Crippen LogP contribution >= 0.6 is 0 Å². The van der Waals surface area contributed by atoms with Crippen LogP contribution < -0.4 is 0 Å². The fourth-order valence-corrected chi connectivity index (χ4v) is 2.12. The summed E-state index contributed by atoms with van der Waals surface area (Å²) in [6, 6.07) is -0.299. The Balaban J connectivity index is 2.76. The number of likely N-dealkylation sites (tertiary alicyclic amines) is 1. The molecule has 0 radical (unpaired) electrons. The first-order valence-corrected chi connectivity index (χ1v) is 6.37. The molecule has 108 valence electrons. The molecule has 0 aromatic carbocycles. The van der Waals surface area contributed by atoms with Crippen molar-refractivity contribution in [3.63, 3.8) is 0 Å². The molecule has 0 saturated carbocycles. The second-order valence-corrected chi connectivity index (χ2v) is 6.25.